The van der Waals surface area contributed by atoms with Crippen LogP contribution < -0.4 is 4.74 Å². The minimum absolute atomic E-state index is 0.0957. The van der Waals surface area contributed by atoms with Crippen LogP contribution >= 0.6 is 0 Å². The fourth-order valence-electron chi connectivity index (χ4n) is 3.27. The molecule has 1 fully saturated rings. The van der Waals surface area contributed by atoms with Crippen molar-refractivity contribution in [1.82, 2.24) is 4.90 Å². The molecule has 2 aliphatic rings. The summed E-state index contributed by atoms with van der Waals surface area (Å²) in [4.78, 5) is 13.7. The molecule has 1 aromatic carbocycles. The van der Waals surface area contributed by atoms with Gasteiger partial charge in [-0.15, -0.1) is 0 Å². The fraction of sp³-hybridized carbons (Fsp3) is 0.533. The predicted molar refractivity (Wildman–Crippen MR) is 72.9 cm³/mol. The van der Waals surface area contributed by atoms with Crippen LogP contribution in [0.25, 0.3) is 0 Å². The van der Waals surface area contributed by atoms with Gasteiger partial charge in [-0.3, -0.25) is 9.69 Å². The molecule has 0 radical (unpaired) electrons. The maximum atomic E-state index is 11.5. The number of aromatic hydroxyl groups is 1. The van der Waals surface area contributed by atoms with E-state index >= 15 is 0 Å². The van der Waals surface area contributed by atoms with Crippen molar-refractivity contribution in [1.29, 1.82) is 0 Å². The Balaban J connectivity index is 1.82. The molecule has 0 amide bonds. The van der Waals surface area contributed by atoms with Crippen LogP contribution in [0, 0.1) is 5.41 Å². The molecule has 20 heavy (non-hydrogen) atoms. The molecular formula is C15H19NO4. The summed E-state index contributed by atoms with van der Waals surface area (Å²) < 4.78 is 5.62. The van der Waals surface area contributed by atoms with Gasteiger partial charge in [0, 0.05) is 24.7 Å². The summed E-state index contributed by atoms with van der Waals surface area (Å²) in [6.45, 7) is 3.80. The minimum Gasteiger partial charge on any atom is -0.508 e. The fourth-order valence-corrected chi connectivity index (χ4v) is 3.27. The highest BCUT2D eigenvalue weighted by Gasteiger charge is 2.46. The zero-order chi connectivity index (χ0) is 14.3. The van der Waals surface area contributed by atoms with Crippen LogP contribution in [0.1, 0.15) is 31.4 Å². The van der Waals surface area contributed by atoms with Crippen molar-refractivity contribution >= 4 is 5.97 Å². The third-order valence-electron chi connectivity index (χ3n) is 4.71. The lowest BCUT2D eigenvalue weighted by atomic mass is 9.84. The van der Waals surface area contributed by atoms with Crippen LogP contribution in [0.5, 0.6) is 11.5 Å². The van der Waals surface area contributed by atoms with Gasteiger partial charge < -0.3 is 14.9 Å². The summed E-state index contributed by atoms with van der Waals surface area (Å²) >= 11 is 0. The molecule has 2 heterocycles. The van der Waals surface area contributed by atoms with E-state index in [4.69, 9.17) is 4.74 Å². The monoisotopic (exact) mass is 277 g/mol. The van der Waals surface area contributed by atoms with Gasteiger partial charge in [-0.05, 0) is 25.0 Å². The molecule has 2 N–H and O–H groups in total. The molecule has 108 valence electrons. The summed E-state index contributed by atoms with van der Waals surface area (Å²) in [6, 6.07) is 5.24. The molecule has 2 unspecified atom stereocenters. The third-order valence-corrected chi connectivity index (χ3v) is 4.71. The van der Waals surface area contributed by atoms with E-state index in [1.54, 1.807) is 12.1 Å². The second kappa shape index (κ2) is 4.66. The van der Waals surface area contributed by atoms with E-state index in [0.717, 1.165) is 12.1 Å². The number of rotatable bonds is 3. The van der Waals surface area contributed by atoms with Crippen LogP contribution in [0.4, 0.5) is 0 Å². The van der Waals surface area contributed by atoms with Crippen LogP contribution in [0.2, 0.25) is 0 Å². The average Bonchev–Trinajstić information content (AvgIpc) is 3.01. The first-order chi connectivity index (χ1) is 9.55. The SMILES string of the molecule is CCC1(C(=O)O)CCN(C2COc3cc(O)ccc32)C1. The summed E-state index contributed by atoms with van der Waals surface area (Å²) in [5.41, 5.74) is 0.416. The topological polar surface area (TPSA) is 70.0 Å². The largest absolute Gasteiger partial charge is 0.508 e. The van der Waals surface area contributed by atoms with Crippen LogP contribution in [-0.4, -0.2) is 40.8 Å². The van der Waals surface area contributed by atoms with E-state index < -0.39 is 11.4 Å². The lowest BCUT2D eigenvalue weighted by Gasteiger charge is -2.26. The van der Waals surface area contributed by atoms with Crippen molar-refractivity contribution in [3.63, 3.8) is 0 Å². The number of phenolic OH excluding ortho intramolecular Hbond substituents is 1. The number of likely N-dealkylation sites (tertiary alicyclic amines) is 1. The Kier molecular flexibility index (Phi) is 3.09. The quantitative estimate of drug-likeness (QED) is 0.884. The first-order valence-electron chi connectivity index (χ1n) is 6.99. The molecule has 0 bridgehead atoms. The van der Waals surface area contributed by atoms with Gasteiger partial charge in [0.15, 0.2) is 0 Å². The van der Waals surface area contributed by atoms with Crippen LogP contribution in [0.3, 0.4) is 0 Å². The van der Waals surface area contributed by atoms with Crippen LogP contribution in [-0.2, 0) is 4.79 Å². The van der Waals surface area contributed by atoms with E-state index in [0.29, 0.717) is 31.7 Å². The first kappa shape index (κ1) is 13.2. The van der Waals surface area contributed by atoms with E-state index in [2.05, 4.69) is 4.90 Å². The molecule has 5 heteroatoms. The Morgan fingerprint density at radius 2 is 2.35 bits per heavy atom. The van der Waals surface area contributed by atoms with Crippen molar-refractivity contribution in [3.05, 3.63) is 23.8 Å². The number of carboxylic acid groups (broad SMARTS) is 1. The highest BCUT2D eigenvalue weighted by molar-refractivity contribution is 5.75. The van der Waals surface area contributed by atoms with E-state index in [1.165, 1.54) is 0 Å². The number of benzene rings is 1. The Morgan fingerprint density at radius 3 is 3.00 bits per heavy atom. The van der Waals surface area contributed by atoms with Gasteiger partial charge in [0.25, 0.3) is 0 Å². The Hall–Kier alpha value is -1.75. The number of aliphatic carboxylic acids is 1. The molecule has 0 saturated carbocycles. The first-order valence-corrected chi connectivity index (χ1v) is 6.99. The number of hydrogen-bond acceptors (Lipinski definition) is 4. The lowest BCUT2D eigenvalue weighted by Crippen LogP contribution is -2.35. The van der Waals surface area contributed by atoms with Gasteiger partial charge in [-0.25, -0.2) is 0 Å². The summed E-state index contributed by atoms with van der Waals surface area (Å²) in [6.07, 6.45) is 1.33. The van der Waals surface area contributed by atoms with Gasteiger partial charge in [0.2, 0.25) is 0 Å². The molecule has 2 aliphatic heterocycles. The van der Waals surface area contributed by atoms with Crippen LogP contribution in [0.15, 0.2) is 18.2 Å². The second-order valence-corrected chi connectivity index (χ2v) is 5.71. The Morgan fingerprint density at radius 1 is 1.55 bits per heavy atom. The molecule has 1 aromatic rings. The van der Waals surface area contributed by atoms with Crippen molar-refractivity contribution in [2.24, 2.45) is 5.41 Å². The van der Waals surface area contributed by atoms with Gasteiger partial charge in [-0.2, -0.15) is 0 Å². The van der Waals surface area contributed by atoms with Gasteiger partial charge in [0.1, 0.15) is 18.1 Å². The zero-order valence-corrected chi connectivity index (χ0v) is 11.5. The van der Waals surface area contributed by atoms with E-state index in [1.807, 2.05) is 13.0 Å². The zero-order valence-electron chi connectivity index (χ0n) is 11.5. The highest BCUT2D eigenvalue weighted by Crippen LogP contribution is 2.43. The minimum atomic E-state index is -0.702. The summed E-state index contributed by atoms with van der Waals surface area (Å²) in [5, 5.41) is 18.9. The maximum Gasteiger partial charge on any atom is 0.310 e. The predicted octanol–water partition coefficient (Wildman–Crippen LogP) is 2.01. The van der Waals surface area contributed by atoms with Crippen molar-refractivity contribution in [3.8, 4) is 11.5 Å². The molecule has 0 aromatic heterocycles. The van der Waals surface area contributed by atoms with Crippen molar-refractivity contribution in [2.45, 2.75) is 25.8 Å². The molecule has 3 rings (SSSR count). The van der Waals surface area contributed by atoms with E-state index in [9.17, 15) is 15.0 Å². The number of phenols is 1. The summed E-state index contributed by atoms with van der Waals surface area (Å²) in [5.74, 6) is 0.200. The summed E-state index contributed by atoms with van der Waals surface area (Å²) in [7, 11) is 0. The maximum absolute atomic E-state index is 11.5. The standard InChI is InChI=1S/C15H19NO4/c1-2-15(14(18)19)5-6-16(9-15)12-8-20-13-7-10(17)3-4-11(12)13/h3-4,7,12,17H,2,5-6,8-9H2,1H3,(H,18,19). The molecule has 0 aliphatic carbocycles. The number of ether oxygens (including phenoxy) is 1. The number of nitrogens with zero attached hydrogens (tertiary/aromatic N) is 1. The van der Waals surface area contributed by atoms with Gasteiger partial charge in [0.05, 0.1) is 11.5 Å². The molecule has 2 atom stereocenters. The van der Waals surface area contributed by atoms with Gasteiger partial charge >= 0.3 is 5.97 Å². The Bertz CT molecular complexity index is 545. The number of carbonyl (C=O) groups is 1. The Labute approximate surface area is 117 Å². The second-order valence-electron chi connectivity index (χ2n) is 5.71. The highest BCUT2D eigenvalue weighted by atomic mass is 16.5. The average molecular weight is 277 g/mol. The molecule has 5 nitrogen and oxygen atoms in total. The molecule has 0 spiro atoms. The molecule has 1 saturated heterocycles. The van der Waals surface area contributed by atoms with Crippen molar-refractivity contribution < 1.29 is 19.7 Å². The number of fused-ring (bicyclic) bond motifs is 1. The molecular weight excluding hydrogens is 258 g/mol. The van der Waals surface area contributed by atoms with Gasteiger partial charge in [-0.1, -0.05) is 6.92 Å². The number of hydrogen-bond donors (Lipinski definition) is 2. The third kappa shape index (κ3) is 1.93. The van der Waals surface area contributed by atoms with E-state index in [-0.39, 0.29) is 11.8 Å². The normalized spacial score (nSPS) is 29.1. The van der Waals surface area contributed by atoms with Crippen molar-refractivity contribution in [2.75, 3.05) is 19.7 Å². The smallest absolute Gasteiger partial charge is 0.310 e. The number of carboxylic acids is 1. The lowest BCUT2D eigenvalue weighted by molar-refractivity contribution is -0.148.